The molecule has 4 heterocycles. The van der Waals surface area contributed by atoms with Gasteiger partial charge in [-0.1, -0.05) is 6.92 Å². The van der Waals surface area contributed by atoms with Gasteiger partial charge in [0.1, 0.15) is 29.3 Å². The number of hydrogen-bond donors (Lipinski definition) is 2. The van der Waals surface area contributed by atoms with E-state index in [4.69, 9.17) is 20.2 Å². The van der Waals surface area contributed by atoms with Gasteiger partial charge >= 0.3 is 0 Å². The van der Waals surface area contributed by atoms with E-state index in [9.17, 15) is 14.0 Å². The van der Waals surface area contributed by atoms with E-state index in [0.29, 0.717) is 45.6 Å². The highest BCUT2D eigenvalue weighted by Gasteiger charge is 2.44. The third kappa shape index (κ3) is 4.43. The summed E-state index contributed by atoms with van der Waals surface area (Å²) in [5, 5.41) is 7.63. The number of rotatable bonds is 8. The van der Waals surface area contributed by atoms with Crippen molar-refractivity contribution in [2.45, 2.75) is 43.9 Å². The number of ether oxygens (including phenoxy) is 2. The Kier molecular flexibility index (Phi) is 6.20. The molecule has 40 heavy (non-hydrogen) atoms. The van der Waals surface area contributed by atoms with Gasteiger partial charge in [-0.25, -0.2) is 13.9 Å². The SMILES string of the molecule is COc1cc(C(=O)NCC(C)c2cc3c(c(-c4ccc(F)cc4)n2)OC[C@]3(C)C(N)=O)cc2cc(C3CC3)nn12. The summed E-state index contributed by atoms with van der Waals surface area (Å²) >= 11 is 0. The fourth-order valence-corrected chi connectivity index (χ4v) is 5.06. The lowest BCUT2D eigenvalue weighted by Crippen LogP contribution is -2.39. The van der Waals surface area contributed by atoms with Crippen LogP contribution in [0, 0.1) is 5.82 Å². The van der Waals surface area contributed by atoms with E-state index in [0.717, 1.165) is 24.1 Å². The Morgan fingerprint density at radius 1 is 1.23 bits per heavy atom. The molecule has 9 nitrogen and oxygen atoms in total. The molecular weight excluding hydrogens is 513 g/mol. The number of halogens is 1. The number of carbonyl (C=O) groups is 2. The van der Waals surface area contributed by atoms with Crippen LogP contribution in [0.2, 0.25) is 0 Å². The zero-order chi connectivity index (χ0) is 28.2. The van der Waals surface area contributed by atoms with Gasteiger partial charge in [0.2, 0.25) is 11.8 Å². The van der Waals surface area contributed by atoms with Crippen LogP contribution in [-0.2, 0) is 10.2 Å². The minimum atomic E-state index is -1.04. The van der Waals surface area contributed by atoms with Gasteiger partial charge in [-0.05, 0) is 62.2 Å². The van der Waals surface area contributed by atoms with E-state index in [1.165, 1.54) is 12.1 Å². The Labute approximate surface area is 230 Å². The number of nitrogens with zero attached hydrogens (tertiary/aromatic N) is 3. The topological polar surface area (TPSA) is 121 Å². The van der Waals surface area contributed by atoms with Gasteiger partial charge in [-0.3, -0.25) is 9.59 Å². The number of carbonyl (C=O) groups excluding carboxylic acids is 2. The second kappa shape index (κ2) is 9.62. The zero-order valence-corrected chi connectivity index (χ0v) is 22.5. The van der Waals surface area contributed by atoms with Crippen LogP contribution in [0.15, 0.2) is 48.5 Å². The number of fused-ring (bicyclic) bond motifs is 2. The van der Waals surface area contributed by atoms with Crippen LogP contribution in [0.4, 0.5) is 4.39 Å². The van der Waals surface area contributed by atoms with Crippen molar-refractivity contribution in [2.75, 3.05) is 20.3 Å². The summed E-state index contributed by atoms with van der Waals surface area (Å²) in [6.45, 7) is 4.04. The van der Waals surface area contributed by atoms with Crippen molar-refractivity contribution in [3.8, 4) is 22.9 Å². The van der Waals surface area contributed by atoms with Crippen LogP contribution < -0.4 is 20.5 Å². The number of benzene rings is 1. The first-order chi connectivity index (χ1) is 19.2. The first-order valence-electron chi connectivity index (χ1n) is 13.3. The molecule has 1 aliphatic heterocycles. The highest BCUT2D eigenvalue weighted by atomic mass is 19.1. The number of nitrogens with one attached hydrogen (secondary N) is 1. The molecule has 1 aliphatic carbocycles. The molecule has 4 aromatic rings. The Hall–Kier alpha value is -4.47. The highest BCUT2D eigenvalue weighted by Crippen LogP contribution is 2.45. The molecule has 1 fully saturated rings. The Balaban J connectivity index is 1.28. The standard InChI is InChI=1S/C30H30FN5O4/c1-16(14-33-28(37)19-10-21-12-24(17-4-5-17)35-36(21)25(11-19)39-3)23-13-22-27(40-15-30(22,2)29(32)38)26(34-23)18-6-8-20(31)9-7-18/h6-13,16-17H,4-5,14-15H2,1-3H3,(H2,32,38)(H,33,37)/t16?,30-/m0/s1. The van der Waals surface area contributed by atoms with Crippen LogP contribution >= 0.6 is 0 Å². The molecule has 6 rings (SSSR count). The fourth-order valence-electron chi connectivity index (χ4n) is 5.06. The van der Waals surface area contributed by atoms with Crippen LogP contribution in [-0.4, -0.2) is 46.7 Å². The van der Waals surface area contributed by atoms with Crippen molar-refractivity contribution < 1.29 is 23.5 Å². The van der Waals surface area contributed by atoms with Crippen molar-refractivity contribution in [3.63, 3.8) is 0 Å². The number of pyridine rings is 2. The van der Waals surface area contributed by atoms with E-state index in [-0.39, 0.29) is 30.8 Å². The lowest BCUT2D eigenvalue weighted by atomic mass is 9.82. The summed E-state index contributed by atoms with van der Waals surface area (Å²) in [6, 6.07) is 13.2. The molecule has 2 amide bonds. The average Bonchev–Trinajstić information content (AvgIpc) is 3.62. The van der Waals surface area contributed by atoms with Gasteiger partial charge in [-0.15, -0.1) is 0 Å². The smallest absolute Gasteiger partial charge is 0.251 e. The molecule has 206 valence electrons. The van der Waals surface area contributed by atoms with E-state index in [1.807, 2.05) is 19.1 Å². The number of amides is 2. The largest absolute Gasteiger partial charge is 0.489 e. The summed E-state index contributed by atoms with van der Waals surface area (Å²) in [5.41, 5.74) is 9.42. The summed E-state index contributed by atoms with van der Waals surface area (Å²) in [7, 11) is 1.55. The van der Waals surface area contributed by atoms with Crippen molar-refractivity contribution in [2.24, 2.45) is 5.73 Å². The molecule has 1 saturated carbocycles. The number of hydrogen-bond acceptors (Lipinski definition) is 6. The van der Waals surface area contributed by atoms with Crippen molar-refractivity contribution in [1.82, 2.24) is 19.9 Å². The minimum absolute atomic E-state index is 0.0868. The first-order valence-corrected chi connectivity index (χ1v) is 13.3. The van der Waals surface area contributed by atoms with E-state index < -0.39 is 11.3 Å². The molecule has 3 N–H and O–H groups in total. The van der Waals surface area contributed by atoms with Gasteiger partial charge in [0.15, 0.2) is 0 Å². The highest BCUT2D eigenvalue weighted by molar-refractivity contribution is 5.95. The number of aromatic nitrogens is 3. The molecule has 0 spiro atoms. The minimum Gasteiger partial charge on any atom is -0.489 e. The first kappa shape index (κ1) is 25.8. The lowest BCUT2D eigenvalue weighted by molar-refractivity contribution is -0.123. The van der Waals surface area contributed by atoms with Crippen molar-refractivity contribution in [1.29, 1.82) is 0 Å². The van der Waals surface area contributed by atoms with E-state index in [1.54, 1.807) is 42.8 Å². The van der Waals surface area contributed by atoms with Crippen molar-refractivity contribution >= 4 is 17.3 Å². The summed E-state index contributed by atoms with van der Waals surface area (Å²) < 4.78 is 26.8. The monoisotopic (exact) mass is 543 g/mol. The van der Waals surface area contributed by atoms with Crippen LogP contribution in [0.25, 0.3) is 16.8 Å². The fraction of sp³-hybridized carbons (Fsp3) is 0.333. The molecule has 3 aromatic heterocycles. The van der Waals surface area contributed by atoms with Gasteiger partial charge in [0.25, 0.3) is 5.91 Å². The maximum absolute atomic E-state index is 13.6. The summed E-state index contributed by atoms with van der Waals surface area (Å²) in [5.74, 6) is 0.0511. The van der Waals surface area contributed by atoms with Gasteiger partial charge in [-0.2, -0.15) is 5.10 Å². The van der Waals surface area contributed by atoms with Crippen molar-refractivity contribution in [3.05, 3.63) is 76.9 Å². The van der Waals surface area contributed by atoms with Gasteiger partial charge < -0.3 is 20.5 Å². The van der Waals surface area contributed by atoms with Crippen LogP contribution in [0.5, 0.6) is 11.6 Å². The third-order valence-corrected chi connectivity index (χ3v) is 7.84. The number of nitrogens with two attached hydrogens (primary N) is 1. The van der Waals surface area contributed by atoms with Gasteiger partial charge in [0, 0.05) is 46.8 Å². The number of methoxy groups -OCH3 is 1. The summed E-state index contributed by atoms with van der Waals surface area (Å²) in [4.78, 5) is 30.5. The summed E-state index contributed by atoms with van der Waals surface area (Å²) in [6.07, 6.45) is 2.25. The van der Waals surface area contributed by atoms with E-state index >= 15 is 0 Å². The second-order valence-electron chi connectivity index (χ2n) is 10.8. The van der Waals surface area contributed by atoms with E-state index in [2.05, 4.69) is 10.4 Å². The predicted octanol–water partition coefficient (Wildman–Crippen LogP) is 4.09. The quantitative estimate of drug-likeness (QED) is 0.345. The molecule has 0 bridgehead atoms. The zero-order valence-electron chi connectivity index (χ0n) is 22.5. The average molecular weight is 544 g/mol. The second-order valence-corrected chi connectivity index (χ2v) is 10.8. The molecule has 1 aromatic carbocycles. The molecular formula is C30H30FN5O4. The maximum atomic E-state index is 13.6. The Morgan fingerprint density at radius 3 is 2.65 bits per heavy atom. The molecule has 10 heteroatoms. The molecule has 2 aliphatic rings. The lowest BCUT2D eigenvalue weighted by Gasteiger charge is -2.20. The molecule has 2 atom stereocenters. The van der Waals surface area contributed by atoms with Crippen LogP contribution in [0.3, 0.4) is 0 Å². The molecule has 0 radical (unpaired) electrons. The number of primary amides is 1. The Bertz CT molecular complexity index is 1650. The van der Waals surface area contributed by atoms with Crippen LogP contribution in [0.1, 0.15) is 65.8 Å². The normalized spacial score (nSPS) is 18.7. The maximum Gasteiger partial charge on any atom is 0.251 e. The third-order valence-electron chi connectivity index (χ3n) is 7.84. The van der Waals surface area contributed by atoms with Gasteiger partial charge in [0.05, 0.1) is 18.3 Å². The Morgan fingerprint density at radius 2 is 1.98 bits per heavy atom. The molecule has 0 saturated heterocycles. The predicted molar refractivity (Wildman–Crippen MR) is 146 cm³/mol. The molecule has 1 unspecified atom stereocenters.